The maximum Gasteiger partial charge on any atom is 0.227 e. The maximum atomic E-state index is 12.3. The van der Waals surface area contributed by atoms with Gasteiger partial charge in [0.2, 0.25) is 5.91 Å². The summed E-state index contributed by atoms with van der Waals surface area (Å²) in [5.74, 6) is 1.08. The van der Waals surface area contributed by atoms with Gasteiger partial charge >= 0.3 is 0 Å². The fourth-order valence-electron chi connectivity index (χ4n) is 2.98. The summed E-state index contributed by atoms with van der Waals surface area (Å²) < 4.78 is 0. The molecule has 0 aliphatic carbocycles. The Morgan fingerprint density at radius 3 is 2.68 bits per heavy atom. The Balaban J connectivity index is 2.34. The second kappa shape index (κ2) is 5.74. The minimum absolute atomic E-state index is 0.251. The van der Waals surface area contributed by atoms with Gasteiger partial charge in [0, 0.05) is 30.6 Å². The largest absolute Gasteiger partial charge is 0.319 e. The highest BCUT2D eigenvalue weighted by atomic mass is 16.2. The second-order valence-electron chi connectivity index (χ2n) is 5.74. The number of anilines is 1. The highest BCUT2D eigenvalue weighted by Gasteiger charge is 2.37. The highest BCUT2D eigenvalue weighted by molar-refractivity contribution is 5.97. The van der Waals surface area contributed by atoms with Crippen molar-refractivity contribution in [2.24, 2.45) is 5.92 Å². The molecule has 1 N–H and O–H groups in total. The zero-order valence-corrected chi connectivity index (χ0v) is 12.3. The third kappa shape index (κ3) is 2.66. The van der Waals surface area contributed by atoms with Crippen molar-refractivity contribution in [2.75, 3.05) is 18.5 Å². The summed E-state index contributed by atoms with van der Waals surface area (Å²) in [4.78, 5) is 14.3. The van der Waals surface area contributed by atoms with Crippen LogP contribution in [0.2, 0.25) is 0 Å². The average Bonchev–Trinajstić information content (AvgIpc) is 2.65. The fourth-order valence-corrected chi connectivity index (χ4v) is 2.98. The minimum Gasteiger partial charge on any atom is -0.319 e. The van der Waals surface area contributed by atoms with E-state index in [0.29, 0.717) is 18.3 Å². The molecule has 1 fully saturated rings. The van der Waals surface area contributed by atoms with Crippen LogP contribution in [0, 0.1) is 5.92 Å². The molecule has 1 amide bonds. The summed E-state index contributed by atoms with van der Waals surface area (Å²) in [5, 5.41) is 3.19. The van der Waals surface area contributed by atoms with Crippen molar-refractivity contribution in [3.63, 3.8) is 0 Å². The number of amides is 1. The van der Waals surface area contributed by atoms with E-state index < -0.39 is 0 Å². The van der Waals surface area contributed by atoms with Gasteiger partial charge in [-0.25, -0.2) is 0 Å². The van der Waals surface area contributed by atoms with Gasteiger partial charge in [0.1, 0.15) is 0 Å². The van der Waals surface area contributed by atoms with Crippen molar-refractivity contribution < 1.29 is 4.79 Å². The molecule has 0 spiro atoms. The van der Waals surface area contributed by atoms with Crippen molar-refractivity contribution >= 4 is 11.6 Å². The lowest BCUT2D eigenvalue weighted by atomic mass is 9.98. The molecule has 0 bridgehead atoms. The number of nitrogens with one attached hydrogen (secondary N) is 1. The van der Waals surface area contributed by atoms with E-state index in [-0.39, 0.29) is 11.9 Å². The molecule has 3 heteroatoms. The molecule has 1 aliphatic rings. The van der Waals surface area contributed by atoms with E-state index in [1.165, 1.54) is 5.56 Å². The normalized spacial score (nSPS) is 23.4. The van der Waals surface area contributed by atoms with Gasteiger partial charge < -0.3 is 10.2 Å². The first-order chi connectivity index (χ1) is 9.06. The molecular formula is C16H24N2O. The van der Waals surface area contributed by atoms with E-state index in [2.05, 4.69) is 44.3 Å². The summed E-state index contributed by atoms with van der Waals surface area (Å²) in [6.07, 6.45) is 0.647. The molecule has 1 aromatic carbocycles. The first-order valence-electron chi connectivity index (χ1n) is 7.11. The summed E-state index contributed by atoms with van der Waals surface area (Å²) in [7, 11) is 1.95. The van der Waals surface area contributed by atoms with Gasteiger partial charge in [-0.15, -0.1) is 0 Å². The van der Waals surface area contributed by atoms with E-state index >= 15 is 0 Å². The van der Waals surface area contributed by atoms with Crippen LogP contribution in [0.25, 0.3) is 0 Å². The van der Waals surface area contributed by atoms with Crippen molar-refractivity contribution in [1.29, 1.82) is 0 Å². The SMILES string of the molecule is CNCC1CC(=O)N(c2ccccc2C(C)C)C1C. The number of para-hydroxylation sites is 1. The standard InChI is InChI=1S/C16H24N2O/c1-11(2)14-7-5-6-8-15(14)18-12(3)13(10-17-4)9-16(18)19/h5-8,11-13,17H,9-10H2,1-4H3. The molecule has 0 aromatic heterocycles. The minimum atomic E-state index is 0.251. The van der Waals surface area contributed by atoms with Gasteiger partial charge in [0.25, 0.3) is 0 Å². The number of carbonyl (C=O) groups excluding carboxylic acids is 1. The van der Waals surface area contributed by atoms with Crippen LogP contribution in [0.15, 0.2) is 24.3 Å². The third-order valence-electron chi connectivity index (χ3n) is 4.08. The molecule has 2 atom stereocenters. The first-order valence-corrected chi connectivity index (χ1v) is 7.11. The van der Waals surface area contributed by atoms with E-state index in [1.807, 2.05) is 18.0 Å². The molecule has 3 nitrogen and oxygen atoms in total. The Kier molecular flexibility index (Phi) is 4.25. The van der Waals surface area contributed by atoms with Gasteiger partial charge in [0.15, 0.2) is 0 Å². The smallest absolute Gasteiger partial charge is 0.227 e. The molecule has 104 valence electrons. The number of hydrogen-bond acceptors (Lipinski definition) is 2. The summed E-state index contributed by atoms with van der Waals surface area (Å²) in [6, 6.07) is 8.54. The monoisotopic (exact) mass is 260 g/mol. The second-order valence-corrected chi connectivity index (χ2v) is 5.74. The Morgan fingerprint density at radius 1 is 1.37 bits per heavy atom. The van der Waals surface area contributed by atoms with Crippen LogP contribution in [0.3, 0.4) is 0 Å². The third-order valence-corrected chi connectivity index (χ3v) is 4.08. The summed E-state index contributed by atoms with van der Waals surface area (Å²) >= 11 is 0. The molecule has 2 rings (SSSR count). The Labute approximate surface area is 116 Å². The molecule has 1 heterocycles. The molecule has 2 unspecified atom stereocenters. The molecular weight excluding hydrogens is 236 g/mol. The number of hydrogen-bond donors (Lipinski definition) is 1. The summed E-state index contributed by atoms with van der Waals surface area (Å²) in [6.45, 7) is 7.40. The van der Waals surface area contributed by atoms with Crippen molar-refractivity contribution in [1.82, 2.24) is 5.32 Å². The first kappa shape index (κ1) is 14.1. The van der Waals surface area contributed by atoms with E-state index in [1.54, 1.807) is 0 Å². The van der Waals surface area contributed by atoms with Gasteiger partial charge in [-0.2, -0.15) is 0 Å². The van der Waals surface area contributed by atoms with Gasteiger partial charge in [-0.1, -0.05) is 32.0 Å². The van der Waals surface area contributed by atoms with Gasteiger partial charge in [-0.05, 0) is 31.5 Å². The van der Waals surface area contributed by atoms with Crippen molar-refractivity contribution in [3.8, 4) is 0 Å². The number of rotatable bonds is 4. The Bertz CT molecular complexity index is 456. The van der Waals surface area contributed by atoms with Crippen molar-refractivity contribution in [2.45, 2.75) is 39.2 Å². The molecule has 0 saturated carbocycles. The predicted molar refractivity (Wildman–Crippen MR) is 79.5 cm³/mol. The van der Waals surface area contributed by atoms with Gasteiger partial charge in [-0.3, -0.25) is 4.79 Å². The topological polar surface area (TPSA) is 32.3 Å². The quantitative estimate of drug-likeness (QED) is 0.903. The van der Waals surface area contributed by atoms with E-state index in [4.69, 9.17) is 0 Å². The predicted octanol–water partition coefficient (Wildman–Crippen LogP) is 2.77. The zero-order chi connectivity index (χ0) is 14.0. The molecule has 1 aromatic rings. The summed E-state index contributed by atoms with van der Waals surface area (Å²) in [5.41, 5.74) is 2.35. The van der Waals surface area contributed by atoms with Crippen LogP contribution in [0.4, 0.5) is 5.69 Å². The molecule has 19 heavy (non-hydrogen) atoms. The van der Waals surface area contributed by atoms with E-state index in [0.717, 1.165) is 12.2 Å². The highest BCUT2D eigenvalue weighted by Crippen LogP contribution is 2.35. The lowest BCUT2D eigenvalue weighted by molar-refractivity contribution is -0.117. The molecule has 1 saturated heterocycles. The lowest BCUT2D eigenvalue weighted by Gasteiger charge is -2.28. The Hall–Kier alpha value is -1.35. The van der Waals surface area contributed by atoms with Crippen LogP contribution >= 0.6 is 0 Å². The van der Waals surface area contributed by atoms with E-state index in [9.17, 15) is 4.79 Å². The average molecular weight is 260 g/mol. The van der Waals surface area contributed by atoms with Crippen LogP contribution < -0.4 is 10.2 Å². The number of nitrogens with zero attached hydrogens (tertiary/aromatic N) is 1. The Morgan fingerprint density at radius 2 is 2.05 bits per heavy atom. The van der Waals surface area contributed by atoms with Gasteiger partial charge in [0.05, 0.1) is 0 Å². The van der Waals surface area contributed by atoms with Crippen LogP contribution in [-0.4, -0.2) is 25.5 Å². The molecule has 0 radical (unpaired) electrons. The fraction of sp³-hybridized carbons (Fsp3) is 0.562. The maximum absolute atomic E-state index is 12.3. The van der Waals surface area contributed by atoms with Crippen molar-refractivity contribution in [3.05, 3.63) is 29.8 Å². The van der Waals surface area contributed by atoms with Crippen LogP contribution in [0.5, 0.6) is 0 Å². The number of benzene rings is 1. The number of carbonyl (C=O) groups is 1. The van der Waals surface area contributed by atoms with Crippen LogP contribution in [0.1, 0.15) is 38.7 Å². The molecule has 1 aliphatic heterocycles. The lowest BCUT2D eigenvalue weighted by Crippen LogP contribution is -2.36. The van der Waals surface area contributed by atoms with Crippen LogP contribution in [-0.2, 0) is 4.79 Å². The zero-order valence-electron chi connectivity index (χ0n) is 12.3.